The Bertz CT molecular complexity index is 731. The number of hydrogen-bond acceptors (Lipinski definition) is 5. The summed E-state index contributed by atoms with van der Waals surface area (Å²) in [6, 6.07) is 6.80. The minimum atomic E-state index is -0.873. The van der Waals surface area contributed by atoms with Crippen LogP contribution in [0, 0.1) is 11.3 Å². The first-order valence-corrected chi connectivity index (χ1v) is 9.98. The number of nitriles is 1. The molecule has 2 aliphatic heterocycles. The number of carbonyl (C=O) groups is 1. The van der Waals surface area contributed by atoms with Gasteiger partial charge in [-0.2, -0.15) is 5.26 Å². The number of nitrogens with zero attached hydrogens (tertiary/aromatic N) is 3. The van der Waals surface area contributed by atoms with Crippen LogP contribution >= 0.6 is 15.9 Å². The molecule has 0 aromatic heterocycles. The summed E-state index contributed by atoms with van der Waals surface area (Å²) in [7, 11) is 0. The first-order valence-electron chi connectivity index (χ1n) is 8.86. The van der Waals surface area contributed by atoms with Crippen LogP contribution in [0.25, 0.3) is 0 Å². The van der Waals surface area contributed by atoms with Gasteiger partial charge in [-0.25, -0.2) is 0 Å². The molecule has 1 N–H and O–H groups in total. The third kappa shape index (κ3) is 3.59. The van der Waals surface area contributed by atoms with Crippen LogP contribution < -0.4 is 4.74 Å². The van der Waals surface area contributed by atoms with Crippen molar-refractivity contribution >= 4 is 21.8 Å². The number of carbonyl (C=O) groups excluding carboxylic acids is 1. The molecule has 1 amide bonds. The molecule has 1 saturated heterocycles. The van der Waals surface area contributed by atoms with Crippen LogP contribution in [0.5, 0.6) is 5.75 Å². The Balaban J connectivity index is 1.91. The number of aliphatic hydroxyl groups excluding tert-OH is 1. The molecule has 1 fully saturated rings. The fraction of sp³-hybridized carbons (Fsp3) is 0.579. The highest BCUT2D eigenvalue weighted by molar-refractivity contribution is 9.09. The molecule has 0 saturated carbocycles. The summed E-state index contributed by atoms with van der Waals surface area (Å²) in [4.78, 5) is 16.7. The minimum Gasteiger partial charge on any atom is -0.485 e. The van der Waals surface area contributed by atoms with Gasteiger partial charge in [-0.15, -0.1) is 0 Å². The zero-order valence-electron chi connectivity index (χ0n) is 15.1. The van der Waals surface area contributed by atoms with Crippen molar-refractivity contribution in [2.45, 2.75) is 38.0 Å². The lowest BCUT2D eigenvalue weighted by Gasteiger charge is -2.48. The summed E-state index contributed by atoms with van der Waals surface area (Å²) in [5, 5.41) is 21.1. The van der Waals surface area contributed by atoms with Crippen molar-refractivity contribution in [3.8, 4) is 11.8 Å². The van der Waals surface area contributed by atoms with Crippen LogP contribution in [0.3, 0.4) is 0 Å². The fourth-order valence-electron chi connectivity index (χ4n) is 3.68. The van der Waals surface area contributed by atoms with E-state index in [1.54, 1.807) is 23.1 Å². The first-order chi connectivity index (χ1) is 12.4. The Labute approximate surface area is 162 Å². The van der Waals surface area contributed by atoms with E-state index in [2.05, 4.69) is 26.9 Å². The fourth-order valence-corrected chi connectivity index (χ4v) is 3.93. The van der Waals surface area contributed by atoms with Crippen molar-refractivity contribution in [1.29, 1.82) is 5.26 Å². The summed E-state index contributed by atoms with van der Waals surface area (Å²) < 4.78 is 5.95. The highest BCUT2D eigenvalue weighted by Gasteiger charge is 2.47. The van der Waals surface area contributed by atoms with Gasteiger partial charge in [0.15, 0.2) is 0 Å². The summed E-state index contributed by atoms with van der Waals surface area (Å²) in [5.41, 5.74) is 0.380. The van der Waals surface area contributed by atoms with E-state index in [1.165, 1.54) is 0 Å². The number of fused-ring (bicyclic) bond motifs is 1. The monoisotopic (exact) mass is 421 g/mol. The van der Waals surface area contributed by atoms with Gasteiger partial charge < -0.3 is 14.7 Å². The summed E-state index contributed by atoms with van der Waals surface area (Å²) >= 11 is 3.42. The number of alkyl halides is 1. The van der Waals surface area contributed by atoms with Gasteiger partial charge >= 0.3 is 0 Å². The summed E-state index contributed by atoms with van der Waals surface area (Å²) in [6.45, 7) is 6.20. The molecule has 0 aliphatic carbocycles. The second kappa shape index (κ2) is 7.55. The van der Waals surface area contributed by atoms with E-state index in [4.69, 9.17) is 4.74 Å². The van der Waals surface area contributed by atoms with Gasteiger partial charge in [0.1, 0.15) is 17.5 Å². The number of ether oxygens (including phenoxy) is 1. The molecule has 0 spiro atoms. The van der Waals surface area contributed by atoms with Crippen LogP contribution in [-0.2, 0) is 4.79 Å². The van der Waals surface area contributed by atoms with Gasteiger partial charge in [-0.3, -0.25) is 9.69 Å². The number of halogens is 1. The lowest BCUT2D eigenvalue weighted by atomic mass is 9.84. The van der Waals surface area contributed by atoms with Crippen LogP contribution in [0.1, 0.15) is 37.4 Å². The molecular weight excluding hydrogens is 398 g/mol. The van der Waals surface area contributed by atoms with Gasteiger partial charge in [-0.1, -0.05) is 15.9 Å². The molecule has 0 bridgehead atoms. The van der Waals surface area contributed by atoms with E-state index in [0.29, 0.717) is 30.0 Å². The Hall–Kier alpha value is -1.62. The molecule has 140 valence electrons. The van der Waals surface area contributed by atoms with E-state index in [9.17, 15) is 15.2 Å². The predicted octanol–water partition coefficient (Wildman–Crippen LogP) is 2.06. The predicted molar refractivity (Wildman–Crippen MR) is 101 cm³/mol. The van der Waals surface area contributed by atoms with Crippen LogP contribution in [-0.4, -0.2) is 64.0 Å². The maximum Gasteiger partial charge on any atom is 0.237 e. The maximum atomic E-state index is 12.8. The van der Waals surface area contributed by atoms with Crippen molar-refractivity contribution in [2.75, 3.05) is 31.5 Å². The topological polar surface area (TPSA) is 76.8 Å². The third-order valence-corrected chi connectivity index (χ3v) is 5.68. The van der Waals surface area contributed by atoms with Crippen molar-refractivity contribution < 1.29 is 14.6 Å². The van der Waals surface area contributed by atoms with Crippen LogP contribution in [0.4, 0.5) is 0 Å². The van der Waals surface area contributed by atoms with E-state index in [0.717, 1.165) is 24.8 Å². The average molecular weight is 422 g/mol. The highest BCUT2D eigenvalue weighted by Crippen LogP contribution is 2.43. The van der Waals surface area contributed by atoms with Crippen molar-refractivity contribution in [3.05, 3.63) is 29.3 Å². The van der Waals surface area contributed by atoms with Crippen LogP contribution in [0.15, 0.2) is 18.2 Å². The van der Waals surface area contributed by atoms with E-state index >= 15 is 0 Å². The normalized spacial score (nSPS) is 25.3. The van der Waals surface area contributed by atoms with Crippen molar-refractivity contribution in [3.63, 3.8) is 0 Å². The van der Waals surface area contributed by atoms with Crippen LogP contribution in [0.2, 0.25) is 0 Å². The van der Waals surface area contributed by atoms with Gasteiger partial charge in [0, 0.05) is 24.0 Å². The molecule has 1 aromatic rings. The minimum absolute atomic E-state index is 0.000818. The van der Waals surface area contributed by atoms with E-state index in [-0.39, 0.29) is 5.91 Å². The quantitative estimate of drug-likeness (QED) is 0.752. The second-order valence-electron chi connectivity index (χ2n) is 7.37. The zero-order valence-corrected chi connectivity index (χ0v) is 16.7. The van der Waals surface area contributed by atoms with E-state index < -0.39 is 17.7 Å². The molecule has 1 aromatic carbocycles. The lowest BCUT2D eigenvalue weighted by molar-refractivity contribution is -0.150. The number of hydrogen-bond donors (Lipinski definition) is 1. The molecule has 6 nitrogen and oxygen atoms in total. The second-order valence-corrected chi connectivity index (χ2v) is 8.16. The first kappa shape index (κ1) is 19.2. The number of rotatable bonds is 4. The van der Waals surface area contributed by atoms with Crippen molar-refractivity contribution in [1.82, 2.24) is 9.80 Å². The Morgan fingerprint density at radius 1 is 1.42 bits per heavy atom. The summed E-state index contributed by atoms with van der Waals surface area (Å²) in [5.74, 6) is 0.625. The molecule has 3 rings (SSSR count). The number of piperazine rings is 1. The highest BCUT2D eigenvalue weighted by atomic mass is 79.9. The van der Waals surface area contributed by atoms with Gasteiger partial charge in [0.25, 0.3) is 0 Å². The number of aliphatic hydroxyl groups is 1. The zero-order chi connectivity index (χ0) is 18.9. The number of benzene rings is 1. The lowest BCUT2D eigenvalue weighted by Crippen LogP contribution is -2.59. The SMILES string of the molecule is CC1(C)Oc2ccc(C#N)cc2[C@@H](N2CCN(CCCBr)CC2=O)[C@@H]1O. The summed E-state index contributed by atoms with van der Waals surface area (Å²) in [6.07, 6.45) is 0.121. The standard InChI is InChI=1S/C19H24BrN3O3/c1-19(2)18(25)17(14-10-13(11-21)4-5-15(14)26-19)23-9-8-22(7-3-6-20)12-16(23)24/h4-5,10,17-18,25H,3,6-9,12H2,1-2H3/t17-,18+/m1/s1. The Morgan fingerprint density at radius 2 is 2.19 bits per heavy atom. The van der Waals surface area contributed by atoms with Crippen molar-refractivity contribution in [2.24, 2.45) is 0 Å². The molecule has 0 radical (unpaired) electrons. The molecule has 7 heteroatoms. The van der Waals surface area contributed by atoms with E-state index in [1.807, 2.05) is 13.8 Å². The van der Waals surface area contributed by atoms with Gasteiger partial charge in [0.2, 0.25) is 5.91 Å². The Kier molecular flexibility index (Phi) is 5.56. The maximum absolute atomic E-state index is 12.8. The smallest absolute Gasteiger partial charge is 0.237 e. The molecular formula is C19H24BrN3O3. The molecule has 26 heavy (non-hydrogen) atoms. The molecule has 2 heterocycles. The largest absolute Gasteiger partial charge is 0.485 e. The average Bonchev–Trinajstić information content (AvgIpc) is 2.61. The Morgan fingerprint density at radius 3 is 2.85 bits per heavy atom. The number of amides is 1. The molecule has 2 aliphatic rings. The van der Waals surface area contributed by atoms with Gasteiger partial charge in [0.05, 0.1) is 24.2 Å². The third-order valence-electron chi connectivity index (χ3n) is 5.12. The molecule has 2 atom stereocenters. The molecule has 0 unspecified atom stereocenters. The van der Waals surface area contributed by atoms with Gasteiger partial charge in [-0.05, 0) is 45.0 Å².